The molecule has 0 amide bonds. The van der Waals surface area contributed by atoms with Crippen molar-refractivity contribution in [2.45, 2.75) is 97.4 Å². The molecule has 0 heterocycles. The molecule has 4 nitrogen and oxygen atoms in total. The molecule has 0 bridgehead atoms. The maximum absolute atomic E-state index is 8.73. The standard InChI is InChI=1S/C19H42O4Si/c1-4-21-24(22-5-2,23-6-3)19-17-15-13-11-9-7-8-10-12-14-16-18-20/h20H,4-19H2,1-3H3. The second-order valence-electron chi connectivity index (χ2n) is 6.34. The fourth-order valence-electron chi connectivity index (χ4n) is 3.05. The van der Waals surface area contributed by atoms with Gasteiger partial charge in [-0.25, -0.2) is 0 Å². The highest BCUT2D eigenvalue weighted by Gasteiger charge is 2.39. The van der Waals surface area contributed by atoms with E-state index in [1.165, 1.54) is 57.8 Å². The summed E-state index contributed by atoms with van der Waals surface area (Å²) < 4.78 is 17.7. The van der Waals surface area contributed by atoms with Gasteiger partial charge in [0.25, 0.3) is 0 Å². The van der Waals surface area contributed by atoms with E-state index in [4.69, 9.17) is 18.4 Å². The number of unbranched alkanes of at least 4 members (excludes halogenated alkanes) is 10. The van der Waals surface area contributed by atoms with E-state index in [2.05, 4.69) is 0 Å². The molecule has 0 aromatic carbocycles. The molecule has 0 fully saturated rings. The molecule has 0 aromatic heterocycles. The molecule has 0 rings (SSSR count). The van der Waals surface area contributed by atoms with Crippen LogP contribution >= 0.6 is 0 Å². The van der Waals surface area contributed by atoms with Crippen molar-refractivity contribution in [3.63, 3.8) is 0 Å². The third kappa shape index (κ3) is 13.4. The lowest BCUT2D eigenvalue weighted by Gasteiger charge is -2.28. The summed E-state index contributed by atoms with van der Waals surface area (Å²) in [6.45, 7) is 8.41. The number of hydrogen-bond acceptors (Lipinski definition) is 4. The molecule has 0 saturated heterocycles. The minimum atomic E-state index is -2.41. The Morgan fingerprint density at radius 1 is 0.542 bits per heavy atom. The average Bonchev–Trinajstić information content (AvgIpc) is 2.56. The van der Waals surface area contributed by atoms with Gasteiger partial charge in [0, 0.05) is 32.5 Å². The summed E-state index contributed by atoms with van der Waals surface area (Å²) >= 11 is 0. The Hall–Kier alpha value is 0.0569. The second kappa shape index (κ2) is 17.9. The fourth-order valence-corrected chi connectivity index (χ4v) is 5.73. The van der Waals surface area contributed by atoms with Gasteiger partial charge in [-0.2, -0.15) is 0 Å². The molecule has 0 spiro atoms. The summed E-state index contributed by atoms with van der Waals surface area (Å²) in [5.74, 6) is 0. The largest absolute Gasteiger partial charge is 0.500 e. The van der Waals surface area contributed by atoms with E-state index in [0.29, 0.717) is 26.4 Å². The van der Waals surface area contributed by atoms with E-state index < -0.39 is 8.80 Å². The number of rotatable bonds is 19. The number of hydrogen-bond donors (Lipinski definition) is 1. The summed E-state index contributed by atoms with van der Waals surface area (Å²) in [7, 11) is -2.41. The van der Waals surface area contributed by atoms with Crippen LogP contribution in [0.2, 0.25) is 6.04 Å². The molecule has 0 aliphatic carbocycles. The zero-order valence-corrected chi connectivity index (χ0v) is 17.5. The van der Waals surface area contributed by atoms with Gasteiger partial charge >= 0.3 is 8.80 Å². The molecule has 0 aromatic rings. The van der Waals surface area contributed by atoms with Crippen molar-refractivity contribution in [2.24, 2.45) is 0 Å². The van der Waals surface area contributed by atoms with Crippen molar-refractivity contribution in [3.05, 3.63) is 0 Å². The summed E-state index contributed by atoms with van der Waals surface area (Å²) in [6, 6.07) is 0.952. The Kier molecular flexibility index (Phi) is 17.9. The van der Waals surface area contributed by atoms with Crippen LogP contribution in [0.15, 0.2) is 0 Å². The Morgan fingerprint density at radius 2 is 0.875 bits per heavy atom. The van der Waals surface area contributed by atoms with Crippen LogP contribution in [0, 0.1) is 0 Å². The van der Waals surface area contributed by atoms with Gasteiger partial charge in [-0.05, 0) is 33.6 Å². The summed E-state index contributed by atoms with van der Waals surface area (Å²) in [6.07, 6.45) is 13.8. The van der Waals surface area contributed by atoms with Gasteiger partial charge in [0.15, 0.2) is 0 Å². The molecule has 0 aliphatic heterocycles. The van der Waals surface area contributed by atoms with Crippen LogP contribution < -0.4 is 0 Å². The lowest BCUT2D eigenvalue weighted by molar-refractivity contribution is 0.0706. The molecule has 0 radical (unpaired) electrons. The average molecular weight is 363 g/mol. The molecule has 0 aliphatic rings. The molecule has 24 heavy (non-hydrogen) atoms. The maximum atomic E-state index is 8.73. The summed E-state index contributed by atoms with van der Waals surface area (Å²) in [5, 5.41) is 8.73. The van der Waals surface area contributed by atoms with Crippen molar-refractivity contribution < 1.29 is 18.4 Å². The fraction of sp³-hybridized carbons (Fsp3) is 1.00. The van der Waals surface area contributed by atoms with Crippen molar-refractivity contribution in [1.82, 2.24) is 0 Å². The normalized spacial score (nSPS) is 12.0. The van der Waals surface area contributed by atoms with E-state index in [1.807, 2.05) is 20.8 Å². The van der Waals surface area contributed by atoms with Crippen LogP contribution in [-0.2, 0) is 13.3 Å². The Labute approximate surface area is 151 Å². The zero-order valence-electron chi connectivity index (χ0n) is 16.5. The predicted molar refractivity (Wildman–Crippen MR) is 103 cm³/mol. The van der Waals surface area contributed by atoms with Crippen molar-refractivity contribution in [2.75, 3.05) is 26.4 Å². The molecule has 0 unspecified atom stereocenters. The third-order valence-electron chi connectivity index (χ3n) is 4.23. The van der Waals surface area contributed by atoms with Gasteiger partial charge in [0.05, 0.1) is 0 Å². The lowest BCUT2D eigenvalue weighted by Crippen LogP contribution is -2.45. The molecular weight excluding hydrogens is 320 g/mol. The first-order chi connectivity index (χ1) is 11.7. The molecule has 146 valence electrons. The van der Waals surface area contributed by atoms with Crippen molar-refractivity contribution >= 4 is 8.80 Å². The number of aliphatic hydroxyl groups is 1. The van der Waals surface area contributed by atoms with Gasteiger partial charge < -0.3 is 18.4 Å². The summed E-state index contributed by atoms with van der Waals surface area (Å²) in [5.41, 5.74) is 0. The van der Waals surface area contributed by atoms with Crippen LogP contribution in [0.1, 0.15) is 91.4 Å². The molecular formula is C19H42O4Si. The van der Waals surface area contributed by atoms with Crippen LogP contribution in [-0.4, -0.2) is 40.3 Å². The Balaban J connectivity index is 3.60. The van der Waals surface area contributed by atoms with Crippen LogP contribution in [0.3, 0.4) is 0 Å². The van der Waals surface area contributed by atoms with Gasteiger partial charge in [0.1, 0.15) is 0 Å². The van der Waals surface area contributed by atoms with Crippen molar-refractivity contribution in [1.29, 1.82) is 0 Å². The zero-order chi connectivity index (χ0) is 17.9. The predicted octanol–water partition coefficient (Wildman–Crippen LogP) is 5.32. The van der Waals surface area contributed by atoms with Gasteiger partial charge in [-0.3, -0.25) is 0 Å². The van der Waals surface area contributed by atoms with Crippen LogP contribution in [0.4, 0.5) is 0 Å². The first-order valence-electron chi connectivity index (χ1n) is 10.3. The Bertz CT molecular complexity index is 235. The molecule has 0 saturated carbocycles. The maximum Gasteiger partial charge on any atom is 0.500 e. The van der Waals surface area contributed by atoms with Gasteiger partial charge in [0.2, 0.25) is 0 Å². The van der Waals surface area contributed by atoms with Crippen LogP contribution in [0.25, 0.3) is 0 Å². The molecule has 5 heteroatoms. The smallest absolute Gasteiger partial charge is 0.396 e. The third-order valence-corrected chi connectivity index (χ3v) is 7.39. The number of aliphatic hydroxyl groups excluding tert-OH is 1. The van der Waals surface area contributed by atoms with Crippen LogP contribution in [0.5, 0.6) is 0 Å². The first kappa shape index (κ1) is 24.1. The highest BCUT2D eigenvalue weighted by Crippen LogP contribution is 2.21. The SMILES string of the molecule is CCO[Si](CCCCCCCCCCCCCO)(OCC)OCC. The molecule has 1 N–H and O–H groups in total. The minimum Gasteiger partial charge on any atom is -0.396 e. The molecule has 0 atom stereocenters. The minimum absolute atomic E-state index is 0.347. The Morgan fingerprint density at radius 3 is 1.21 bits per heavy atom. The quantitative estimate of drug-likeness (QED) is 0.250. The van der Waals surface area contributed by atoms with E-state index in [0.717, 1.165) is 18.9 Å². The highest BCUT2D eigenvalue weighted by molar-refractivity contribution is 6.60. The van der Waals surface area contributed by atoms with E-state index in [1.54, 1.807) is 0 Å². The van der Waals surface area contributed by atoms with Gasteiger partial charge in [-0.15, -0.1) is 0 Å². The van der Waals surface area contributed by atoms with Gasteiger partial charge in [-0.1, -0.05) is 57.8 Å². The summed E-state index contributed by atoms with van der Waals surface area (Å²) in [4.78, 5) is 0. The van der Waals surface area contributed by atoms with Crippen molar-refractivity contribution in [3.8, 4) is 0 Å². The first-order valence-corrected chi connectivity index (χ1v) is 12.2. The van der Waals surface area contributed by atoms with E-state index in [-0.39, 0.29) is 0 Å². The monoisotopic (exact) mass is 362 g/mol. The highest BCUT2D eigenvalue weighted by atomic mass is 28.4. The van der Waals surface area contributed by atoms with E-state index >= 15 is 0 Å². The van der Waals surface area contributed by atoms with E-state index in [9.17, 15) is 0 Å². The lowest BCUT2D eigenvalue weighted by atomic mass is 10.1. The topological polar surface area (TPSA) is 47.9 Å². The second-order valence-corrected chi connectivity index (χ2v) is 9.08.